The van der Waals surface area contributed by atoms with Crippen molar-refractivity contribution in [3.05, 3.63) is 34.7 Å². The lowest BCUT2D eigenvalue weighted by Crippen LogP contribution is -2.50. The number of piperidine rings is 1. The number of likely N-dealkylation sites (tertiary alicyclic amines) is 1. The molecule has 0 bridgehead atoms. The van der Waals surface area contributed by atoms with Crippen molar-refractivity contribution in [2.24, 2.45) is 5.73 Å². The molecule has 1 aromatic heterocycles. The first-order valence-corrected chi connectivity index (χ1v) is 8.34. The Bertz CT molecular complexity index is 743. The second-order valence-corrected chi connectivity index (χ2v) is 6.57. The minimum Gasteiger partial charge on any atom is -0.497 e. The fourth-order valence-electron chi connectivity index (χ4n) is 3.12. The number of nitrogens with two attached hydrogens (primary N) is 1. The Morgan fingerprint density at radius 3 is 3.00 bits per heavy atom. The Morgan fingerprint density at radius 2 is 2.29 bits per heavy atom. The average molecular weight is 354 g/mol. The van der Waals surface area contributed by atoms with Crippen LogP contribution in [0.1, 0.15) is 12.0 Å². The summed E-state index contributed by atoms with van der Waals surface area (Å²) in [6.45, 7) is 2.08. The fourth-order valence-corrected chi connectivity index (χ4v) is 3.37. The Balaban J connectivity index is 1.86. The van der Waals surface area contributed by atoms with E-state index in [4.69, 9.17) is 22.1 Å². The second kappa shape index (κ2) is 7.19. The summed E-state index contributed by atoms with van der Waals surface area (Å²) >= 11 is 6.31. The van der Waals surface area contributed by atoms with Gasteiger partial charge >= 0.3 is 0 Å². The zero-order chi connectivity index (χ0) is 17.3. The minimum absolute atomic E-state index is 0.162. The van der Waals surface area contributed by atoms with E-state index in [1.165, 1.54) is 19.4 Å². The first-order chi connectivity index (χ1) is 11.5. The maximum Gasteiger partial charge on any atom is 0.153 e. The maximum absolute atomic E-state index is 14.2. The predicted octanol–water partition coefficient (Wildman–Crippen LogP) is 1.97. The number of methoxy groups -OCH3 is 1. The molecule has 0 spiro atoms. The number of aromatic nitrogens is 1. The molecule has 0 saturated carbocycles. The van der Waals surface area contributed by atoms with E-state index in [1.54, 1.807) is 6.07 Å². The van der Waals surface area contributed by atoms with Gasteiger partial charge in [0.25, 0.3) is 0 Å². The van der Waals surface area contributed by atoms with Gasteiger partial charge in [-0.2, -0.15) is 0 Å². The Kier molecular flexibility index (Phi) is 5.20. The van der Waals surface area contributed by atoms with Gasteiger partial charge in [-0.25, -0.2) is 4.39 Å². The van der Waals surface area contributed by atoms with Crippen LogP contribution < -0.4 is 10.5 Å². The molecule has 2 aromatic rings. The van der Waals surface area contributed by atoms with E-state index in [0.29, 0.717) is 35.7 Å². The van der Waals surface area contributed by atoms with Gasteiger partial charge in [0.05, 0.1) is 18.2 Å². The molecule has 0 amide bonds. The monoisotopic (exact) mass is 353 g/mol. The Hall–Kier alpha value is -1.47. The van der Waals surface area contributed by atoms with Crippen LogP contribution in [0, 0.1) is 5.82 Å². The summed E-state index contributed by atoms with van der Waals surface area (Å²) in [5.41, 5.74) is 6.96. The molecule has 1 fully saturated rings. The number of hydrogen-bond donors (Lipinski definition) is 2. The molecule has 2 atom stereocenters. The van der Waals surface area contributed by atoms with E-state index in [9.17, 15) is 9.50 Å². The summed E-state index contributed by atoms with van der Waals surface area (Å²) in [7, 11) is 1.50. The molecular formula is C17H21ClFN3O2. The summed E-state index contributed by atoms with van der Waals surface area (Å²) in [6, 6.07) is 2.91. The minimum atomic E-state index is -0.513. The van der Waals surface area contributed by atoms with Crippen molar-refractivity contribution in [1.29, 1.82) is 0 Å². The van der Waals surface area contributed by atoms with Crippen LogP contribution in [-0.4, -0.2) is 53.9 Å². The fraction of sp³-hybridized carbons (Fsp3) is 0.471. The number of halogens is 2. The van der Waals surface area contributed by atoms with Crippen LogP contribution in [0.4, 0.5) is 4.39 Å². The Labute approximate surface area is 145 Å². The number of ether oxygens (including phenoxy) is 1. The van der Waals surface area contributed by atoms with Gasteiger partial charge in [-0.3, -0.25) is 4.98 Å². The van der Waals surface area contributed by atoms with Gasteiger partial charge in [-0.15, -0.1) is 0 Å². The first-order valence-electron chi connectivity index (χ1n) is 7.96. The predicted molar refractivity (Wildman–Crippen MR) is 92.0 cm³/mol. The van der Waals surface area contributed by atoms with Crippen LogP contribution in [0.25, 0.3) is 10.9 Å². The summed E-state index contributed by atoms with van der Waals surface area (Å²) < 4.78 is 19.3. The molecule has 24 heavy (non-hydrogen) atoms. The molecule has 5 nitrogen and oxygen atoms in total. The molecule has 1 aliphatic heterocycles. The van der Waals surface area contributed by atoms with Gasteiger partial charge in [0.1, 0.15) is 11.3 Å². The molecule has 1 aromatic carbocycles. The van der Waals surface area contributed by atoms with E-state index in [2.05, 4.69) is 9.88 Å². The van der Waals surface area contributed by atoms with Gasteiger partial charge in [-0.05, 0) is 31.0 Å². The molecule has 130 valence electrons. The molecular weight excluding hydrogens is 333 g/mol. The number of aliphatic hydroxyl groups is 1. The highest BCUT2D eigenvalue weighted by Gasteiger charge is 2.24. The van der Waals surface area contributed by atoms with Crippen molar-refractivity contribution in [2.45, 2.75) is 25.0 Å². The summed E-state index contributed by atoms with van der Waals surface area (Å²) in [5.74, 6) is 0.00585. The highest BCUT2D eigenvalue weighted by atomic mass is 35.5. The number of rotatable bonds is 4. The van der Waals surface area contributed by atoms with Gasteiger partial charge in [0, 0.05) is 36.8 Å². The lowest BCUT2D eigenvalue weighted by Gasteiger charge is -2.34. The number of benzene rings is 1. The van der Waals surface area contributed by atoms with Crippen LogP contribution in [0.3, 0.4) is 0 Å². The third kappa shape index (κ3) is 3.47. The zero-order valence-electron chi connectivity index (χ0n) is 13.5. The third-order valence-corrected chi connectivity index (χ3v) is 4.91. The number of aliphatic hydroxyl groups excluding tert-OH is 1. The number of nitrogens with zero attached hydrogens (tertiary/aromatic N) is 2. The molecule has 1 aliphatic rings. The van der Waals surface area contributed by atoms with E-state index < -0.39 is 11.9 Å². The summed E-state index contributed by atoms with van der Waals surface area (Å²) in [6.07, 6.45) is 2.36. The number of β-amino-alcohol motifs (C(OH)–C–C–N with tert-alkyl or cyclic N) is 1. The van der Waals surface area contributed by atoms with Crippen LogP contribution in [0.5, 0.6) is 5.75 Å². The molecule has 7 heteroatoms. The van der Waals surface area contributed by atoms with E-state index in [1.807, 2.05) is 0 Å². The molecule has 0 aliphatic carbocycles. The van der Waals surface area contributed by atoms with Crippen molar-refractivity contribution >= 4 is 22.5 Å². The van der Waals surface area contributed by atoms with E-state index in [0.717, 1.165) is 18.5 Å². The van der Waals surface area contributed by atoms with Crippen LogP contribution in [0.15, 0.2) is 18.3 Å². The average Bonchev–Trinajstić information content (AvgIpc) is 2.56. The molecule has 3 N–H and O–H groups in total. The molecule has 3 rings (SSSR count). The van der Waals surface area contributed by atoms with Gasteiger partial charge in [0.2, 0.25) is 0 Å². The van der Waals surface area contributed by atoms with Crippen LogP contribution in [-0.2, 0) is 6.42 Å². The number of pyridine rings is 1. The SMILES string of the molecule is COc1cc(F)c2ncc(Cl)c(CCN3CC[C@@H](N)[C@@H](O)C3)c2c1. The Morgan fingerprint density at radius 1 is 1.50 bits per heavy atom. The molecule has 2 heterocycles. The molecule has 1 saturated heterocycles. The molecule has 0 unspecified atom stereocenters. The van der Waals surface area contributed by atoms with E-state index in [-0.39, 0.29) is 11.6 Å². The van der Waals surface area contributed by atoms with Crippen molar-refractivity contribution in [2.75, 3.05) is 26.7 Å². The quantitative estimate of drug-likeness (QED) is 0.879. The number of fused-ring (bicyclic) bond motifs is 1. The largest absolute Gasteiger partial charge is 0.497 e. The second-order valence-electron chi connectivity index (χ2n) is 6.16. The van der Waals surface area contributed by atoms with Gasteiger partial charge in [0.15, 0.2) is 5.82 Å². The lowest BCUT2D eigenvalue weighted by molar-refractivity contribution is 0.0542. The summed E-state index contributed by atoms with van der Waals surface area (Å²) in [4.78, 5) is 6.25. The van der Waals surface area contributed by atoms with Crippen molar-refractivity contribution < 1.29 is 14.2 Å². The molecule has 0 radical (unpaired) electrons. The smallest absolute Gasteiger partial charge is 0.153 e. The van der Waals surface area contributed by atoms with Gasteiger partial charge in [-0.1, -0.05) is 11.6 Å². The zero-order valence-corrected chi connectivity index (χ0v) is 14.3. The lowest BCUT2D eigenvalue weighted by atomic mass is 10.0. The maximum atomic E-state index is 14.2. The topological polar surface area (TPSA) is 71.6 Å². The van der Waals surface area contributed by atoms with Crippen LogP contribution in [0.2, 0.25) is 5.02 Å². The highest BCUT2D eigenvalue weighted by molar-refractivity contribution is 6.32. The van der Waals surface area contributed by atoms with Crippen molar-refractivity contribution in [3.63, 3.8) is 0 Å². The summed E-state index contributed by atoms with van der Waals surface area (Å²) in [5, 5.41) is 11.1. The highest BCUT2D eigenvalue weighted by Crippen LogP contribution is 2.30. The van der Waals surface area contributed by atoms with E-state index >= 15 is 0 Å². The number of hydrogen-bond acceptors (Lipinski definition) is 5. The van der Waals surface area contributed by atoms with Crippen molar-refractivity contribution in [1.82, 2.24) is 9.88 Å². The van der Waals surface area contributed by atoms with Gasteiger partial charge < -0.3 is 20.5 Å². The van der Waals surface area contributed by atoms with Crippen LogP contribution >= 0.6 is 11.6 Å². The first kappa shape index (κ1) is 17.4. The normalized spacial score (nSPS) is 22.0. The van der Waals surface area contributed by atoms with Crippen molar-refractivity contribution in [3.8, 4) is 5.75 Å². The third-order valence-electron chi connectivity index (χ3n) is 4.59. The standard InChI is InChI=1S/C17H21ClFN3O2/c1-24-10-6-12-11(13(18)8-21-17(12)14(19)7-10)2-4-22-5-3-15(20)16(23)9-22/h6-8,15-16,23H,2-5,9,20H2,1H3/t15-,16+/m1/s1.